The molecular formula is C16H21Cl3N2O2S. The molecule has 0 spiro atoms. The third-order valence-electron chi connectivity index (χ3n) is 4.24. The van der Waals surface area contributed by atoms with E-state index in [2.05, 4.69) is 5.32 Å². The summed E-state index contributed by atoms with van der Waals surface area (Å²) in [6, 6.07) is 5.55. The highest BCUT2D eigenvalue weighted by molar-refractivity contribution is 7.99. The van der Waals surface area contributed by atoms with E-state index >= 15 is 0 Å². The SMILES string of the molecule is Cl.O=C(C1CSCN1)N1CCC(OCc2ccc(Cl)c(Cl)c2)CC1. The Balaban J connectivity index is 0.00000208. The van der Waals surface area contributed by atoms with E-state index in [1.54, 1.807) is 17.8 Å². The number of nitrogens with one attached hydrogen (secondary N) is 1. The molecule has 2 saturated heterocycles. The minimum absolute atomic E-state index is 0. The average Bonchev–Trinajstić information content (AvgIpc) is 3.10. The van der Waals surface area contributed by atoms with Crippen LogP contribution in [-0.2, 0) is 16.1 Å². The number of nitrogens with zero attached hydrogens (tertiary/aromatic N) is 1. The summed E-state index contributed by atoms with van der Waals surface area (Å²) < 4.78 is 5.96. The van der Waals surface area contributed by atoms with Crippen molar-refractivity contribution in [1.82, 2.24) is 10.2 Å². The van der Waals surface area contributed by atoms with Crippen LogP contribution in [0.5, 0.6) is 0 Å². The summed E-state index contributed by atoms with van der Waals surface area (Å²) >= 11 is 13.7. The smallest absolute Gasteiger partial charge is 0.240 e. The van der Waals surface area contributed by atoms with Gasteiger partial charge in [0, 0.05) is 24.7 Å². The normalized spacial score (nSPS) is 21.6. The van der Waals surface area contributed by atoms with Crippen molar-refractivity contribution in [3.8, 4) is 0 Å². The third kappa shape index (κ3) is 5.16. The second-order valence-corrected chi connectivity index (χ2v) is 7.70. The Morgan fingerprint density at radius 1 is 1.29 bits per heavy atom. The van der Waals surface area contributed by atoms with Gasteiger partial charge in [-0.15, -0.1) is 24.2 Å². The van der Waals surface area contributed by atoms with Gasteiger partial charge in [-0.2, -0.15) is 0 Å². The van der Waals surface area contributed by atoms with Gasteiger partial charge in [0.2, 0.25) is 5.91 Å². The molecule has 1 aromatic rings. The molecule has 2 aliphatic heterocycles. The Kier molecular flexibility index (Phi) is 7.98. The molecule has 0 aliphatic carbocycles. The van der Waals surface area contributed by atoms with Gasteiger partial charge in [-0.1, -0.05) is 29.3 Å². The quantitative estimate of drug-likeness (QED) is 0.822. The van der Waals surface area contributed by atoms with E-state index in [4.69, 9.17) is 27.9 Å². The Hall–Kier alpha value is -0.170. The minimum atomic E-state index is -0.00585. The fourth-order valence-corrected chi connectivity index (χ4v) is 4.11. The van der Waals surface area contributed by atoms with Crippen LogP contribution in [0.25, 0.3) is 0 Å². The molecule has 3 rings (SSSR count). The molecule has 0 bridgehead atoms. The lowest BCUT2D eigenvalue weighted by Gasteiger charge is -2.33. The first-order valence-corrected chi connectivity index (χ1v) is 9.70. The average molecular weight is 412 g/mol. The van der Waals surface area contributed by atoms with Crippen LogP contribution in [0.15, 0.2) is 18.2 Å². The summed E-state index contributed by atoms with van der Waals surface area (Å²) in [6.07, 6.45) is 1.96. The van der Waals surface area contributed by atoms with Crippen LogP contribution >= 0.6 is 47.4 Å². The second kappa shape index (κ2) is 9.51. The molecule has 1 atom stereocenters. The largest absolute Gasteiger partial charge is 0.373 e. The van der Waals surface area contributed by atoms with Crippen molar-refractivity contribution >= 4 is 53.3 Å². The molecule has 1 unspecified atom stereocenters. The molecule has 0 saturated carbocycles. The topological polar surface area (TPSA) is 41.6 Å². The zero-order valence-electron chi connectivity index (χ0n) is 13.2. The lowest BCUT2D eigenvalue weighted by Crippen LogP contribution is -2.49. The van der Waals surface area contributed by atoms with Crippen molar-refractivity contribution in [3.05, 3.63) is 33.8 Å². The highest BCUT2D eigenvalue weighted by Gasteiger charge is 2.30. The second-order valence-electron chi connectivity index (χ2n) is 5.86. The molecule has 2 heterocycles. The van der Waals surface area contributed by atoms with E-state index in [1.807, 2.05) is 17.0 Å². The molecule has 24 heavy (non-hydrogen) atoms. The number of ether oxygens (including phenoxy) is 1. The van der Waals surface area contributed by atoms with Crippen molar-refractivity contribution in [2.45, 2.75) is 31.6 Å². The van der Waals surface area contributed by atoms with Crippen LogP contribution in [0.2, 0.25) is 10.0 Å². The molecule has 1 N–H and O–H groups in total. The van der Waals surface area contributed by atoms with E-state index in [0.29, 0.717) is 16.7 Å². The van der Waals surface area contributed by atoms with E-state index in [0.717, 1.165) is 43.1 Å². The molecule has 1 aromatic carbocycles. The van der Waals surface area contributed by atoms with Crippen molar-refractivity contribution in [3.63, 3.8) is 0 Å². The standard InChI is InChI=1S/C16H20Cl2N2O2S.ClH/c17-13-2-1-11(7-14(13)18)8-22-12-3-5-20(6-4-12)16(21)15-9-23-10-19-15;/h1-2,7,12,15,19H,3-6,8-10H2;1H. The number of benzene rings is 1. The highest BCUT2D eigenvalue weighted by Crippen LogP contribution is 2.24. The van der Waals surface area contributed by atoms with Crippen LogP contribution in [0.4, 0.5) is 0 Å². The van der Waals surface area contributed by atoms with E-state index in [1.165, 1.54) is 0 Å². The lowest BCUT2D eigenvalue weighted by molar-refractivity contribution is -0.135. The summed E-state index contributed by atoms with van der Waals surface area (Å²) in [5, 5.41) is 4.35. The number of rotatable bonds is 4. The molecule has 2 aliphatic rings. The van der Waals surface area contributed by atoms with Gasteiger partial charge in [-0.05, 0) is 30.5 Å². The fraction of sp³-hybridized carbons (Fsp3) is 0.562. The Labute approximate surface area is 163 Å². The van der Waals surface area contributed by atoms with Gasteiger partial charge in [0.25, 0.3) is 0 Å². The molecule has 2 fully saturated rings. The predicted molar refractivity (Wildman–Crippen MR) is 102 cm³/mol. The molecule has 0 aromatic heterocycles. The van der Waals surface area contributed by atoms with Crippen molar-refractivity contribution in [1.29, 1.82) is 0 Å². The van der Waals surface area contributed by atoms with Crippen LogP contribution in [0.3, 0.4) is 0 Å². The van der Waals surface area contributed by atoms with E-state index in [9.17, 15) is 4.79 Å². The van der Waals surface area contributed by atoms with Crippen LogP contribution in [0.1, 0.15) is 18.4 Å². The molecular weight excluding hydrogens is 391 g/mol. The van der Waals surface area contributed by atoms with Gasteiger partial charge in [-0.25, -0.2) is 0 Å². The number of likely N-dealkylation sites (tertiary alicyclic amines) is 1. The van der Waals surface area contributed by atoms with Crippen molar-refractivity contribution in [2.24, 2.45) is 0 Å². The number of carbonyl (C=O) groups is 1. The maximum Gasteiger partial charge on any atom is 0.240 e. The Morgan fingerprint density at radius 2 is 2.04 bits per heavy atom. The Morgan fingerprint density at radius 3 is 2.67 bits per heavy atom. The zero-order valence-corrected chi connectivity index (χ0v) is 16.3. The first-order valence-electron chi connectivity index (χ1n) is 7.79. The summed E-state index contributed by atoms with van der Waals surface area (Å²) in [7, 11) is 0. The van der Waals surface area contributed by atoms with Gasteiger partial charge in [0.05, 0.1) is 28.8 Å². The van der Waals surface area contributed by atoms with E-state index in [-0.39, 0.29) is 30.5 Å². The molecule has 134 valence electrons. The molecule has 8 heteroatoms. The van der Waals surface area contributed by atoms with Crippen LogP contribution in [-0.4, -0.2) is 47.7 Å². The minimum Gasteiger partial charge on any atom is -0.373 e. The number of piperidine rings is 1. The van der Waals surface area contributed by atoms with Gasteiger partial charge in [-0.3, -0.25) is 10.1 Å². The zero-order chi connectivity index (χ0) is 16.2. The predicted octanol–water partition coefficient (Wildman–Crippen LogP) is 3.59. The van der Waals surface area contributed by atoms with Crippen LogP contribution < -0.4 is 5.32 Å². The first-order chi connectivity index (χ1) is 11.1. The fourth-order valence-electron chi connectivity index (χ4n) is 2.86. The first kappa shape index (κ1) is 20.1. The van der Waals surface area contributed by atoms with Crippen LogP contribution in [0, 0.1) is 0 Å². The maximum absolute atomic E-state index is 12.3. The van der Waals surface area contributed by atoms with Crippen molar-refractivity contribution in [2.75, 3.05) is 24.7 Å². The number of amides is 1. The third-order valence-corrected chi connectivity index (χ3v) is 5.92. The molecule has 4 nitrogen and oxygen atoms in total. The monoisotopic (exact) mass is 410 g/mol. The summed E-state index contributed by atoms with van der Waals surface area (Å²) in [5.74, 6) is 1.99. The van der Waals surface area contributed by atoms with Gasteiger partial charge >= 0.3 is 0 Å². The number of hydrogen-bond acceptors (Lipinski definition) is 4. The van der Waals surface area contributed by atoms with Crippen molar-refractivity contribution < 1.29 is 9.53 Å². The summed E-state index contributed by atoms with van der Waals surface area (Å²) in [6.45, 7) is 2.07. The summed E-state index contributed by atoms with van der Waals surface area (Å²) in [4.78, 5) is 14.3. The lowest BCUT2D eigenvalue weighted by atomic mass is 10.1. The molecule has 0 radical (unpaired) electrons. The van der Waals surface area contributed by atoms with E-state index < -0.39 is 0 Å². The summed E-state index contributed by atoms with van der Waals surface area (Å²) in [5.41, 5.74) is 1.02. The maximum atomic E-state index is 12.3. The number of hydrogen-bond donors (Lipinski definition) is 1. The van der Waals surface area contributed by atoms with Gasteiger partial charge < -0.3 is 9.64 Å². The highest BCUT2D eigenvalue weighted by atomic mass is 35.5. The molecule has 1 amide bonds. The van der Waals surface area contributed by atoms with Gasteiger partial charge in [0.15, 0.2) is 0 Å². The Bertz CT molecular complexity index is 562. The number of halogens is 3. The number of thioether (sulfide) groups is 1. The van der Waals surface area contributed by atoms with Gasteiger partial charge in [0.1, 0.15) is 0 Å². The number of carbonyl (C=O) groups excluding carboxylic acids is 1.